The Morgan fingerprint density at radius 1 is 1.53 bits per heavy atom. The summed E-state index contributed by atoms with van der Waals surface area (Å²) in [6.45, 7) is 2.78. The number of methoxy groups -OCH3 is 1. The van der Waals surface area contributed by atoms with Crippen molar-refractivity contribution in [2.45, 2.75) is 18.4 Å². The van der Waals surface area contributed by atoms with Crippen LogP contribution in [0.15, 0.2) is 18.2 Å². The lowest BCUT2D eigenvalue weighted by molar-refractivity contribution is -0.150. The van der Waals surface area contributed by atoms with Gasteiger partial charge in [-0.05, 0) is 31.2 Å². The summed E-state index contributed by atoms with van der Waals surface area (Å²) in [5.74, 6) is -0.0604. The van der Waals surface area contributed by atoms with Crippen molar-refractivity contribution in [1.29, 1.82) is 0 Å². The van der Waals surface area contributed by atoms with Crippen LogP contribution in [-0.4, -0.2) is 44.5 Å². The molecule has 0 bridgehead atoms. The van der Waals surface area contributed by atoms with Crippen LogP contribution in [0.5, 0.6) is 5.75 Å². The number of hydrogen-bond acceptors (Lipinski definition) is 4. The minimum absolute atomic E-state index is 0.413. The quantitative estimate of drug-likeness (QED) is 0.829. The van der Waals surface area contributed by atoms with E-state index in [0.717, 1.165) is 16.9 Å². The molecule has 1 aromatic rings. The number of ether oxygens (including phenoxy) is 2. The molecule has 0 saturated carbocycles. The molecule has 1 heterocycles. The van der Waals surface area contributed by atoms with Gasteiger partial charge in [-0.2, -0.15) is 0 Å². The van der Waals surface area contributed by atoms with Gasteiger partial charge in [-0.15, -0.1) is 0 Å². The Morgan fingerprint density at radius 3 is 2.58 bits per heavy atom. The predicted octanol–water partition coefficient (Wildman–Crippen LogP) is 0.944. The van der Waals surface area contributed by atoms with Gasteiger partial charge in [0.05, 0.1) is 25.7 Å². The molecule has 1 aromatic carbocycles. The summed E-state index contributed by atoms with van der Waals surface area (Å²) >= 11 is 0. The number of nitrogens with one attached hydrogen (secondary N) is 1. The van der Waals surface area contributed by atoms with Crippen LogP contribution in [0.25, 0.3) is 0 Å². The number of carbonyl (C=O) groups is 1. The highest BCUT2D eigenvalue weighted by molar-refractivity contribution is 5.76. The van der Waals surface area contributed by atoms with Crippen LogP contribution in [-0.2, 0) is 14.9 Å². The number of likely N-dealkylation sites (N-methyl/N-ethyl adjacent to an activating group) is 1. The zero-order chi connectivity index (χ0) is 14.0. The fourth-order valence-corrected chi connectivity index (χ4v) is 2.65. The first-order valence-electron chi connectivity index (χ1n) is 6.18. The van der Waals surface area contributed by atoms with E-state index in [4.69, 9.17) is 9.47 Å². The second-order valence-corrected chi connectivity index (χ2v) is 4.89. The van der Waals surface area contributed by atoms with Gasteiger partial charge in [0, 0.05) is 0 Å². The van der Waals surface area contributed by atoms with Crippen molar-refractivity contribution in [2.75, 3.05) is 27.4 Å². The third-order valence-electron chi connectivity index (χ3n) is 3.78. The van der Waals surface area contributed by atoms with Crippen LogP contribution in [0.2, 0.25) is 0 Å². The minimum Gasteiger partial charge on any atom is -0.496 e. The van der Waals surface area contributed by atoms with Crippen LogP contribution in [0.1, 0.15) is 11.1 Å². The molecule has 0 spiro atoms. The van der Waals surface area contributed by atoms with E-state index in [2.05, 4.69) is 5.32 Å². The van der Waals surface area contributed by atoms with Crippen molar-refractivity contribution in [1.82, 2.24) is 5.32 Å². The summed E-state index contributed by atoms with van der Waals surface area (Å²) < 4.78 is 10.5. The first-order valence-corrected chi connectivity index (χ1v) is 6.18. The van der Waals surface area contributed by atoms with Gasteiger partial charge in [0.1, 0.15) is 11.8 Å². The van der Waals surface area contributed by atoms with Gasteiger partial charge >= 0.3 is 5.97 Å². The molecule has 104 valence electrons. The summed E-state index contributed by atoms with van der Waals surface area (Å²) in [6, 6.07) is 5.12. The maximum absolute atomic E-state index is 11.4. The monoisotopic (exact) mass is 265 g/mol. The molecule has 1 fully saturated rings. The smallest absolute Gasteiger partial charge is 0.321 e. The number of benzene rings is 1. The third-order valence-corrected chi connectivity index (χ3v) is 3.78. The molecule has 1 saturated heterocycles. The molecule has 1 unspecified atom stereocenters. The van der Waals surface area contributed by atoms with Crippen LogP contribution in [0.3, 0.4) is 0 Å². The highest BCUT2D eigenvalue weighted by Gasteiger charge is 2.50. The second-order valence-electron chi connectivity index (χ2n) is 4.89. The van der Waals surface area contributed by atoms with Gasteiger partial charge in [0.2, 0.25) is 0 Å². The molecule has 0 radical (unpaired) electrons. The van der Waals surface area contributed by atoms with Crippen molar-refractivity contribution < 1.29 is 19.4 Å². The number of carboxylic acids is 1. The molecule has 0 amide bonds. The van der Waals surface area contributed by atoms with E-state index in [0.29, 0.717) is 13.2 Å². The van der Waals surface area contributed by atoms with Gasteiger partial charge in [-0.25, -0.2) is 0 Å². The average Bonchev–Trinajstić information content (AvgIpc) is 2.32. The lowest BCUT2D eigenvalue weighted by atomic mass is 9.72. The van der Waals surface area contributed by atoms with Crippen molar-refractivity contribution in [3.63, 3.8) is 0 Å². The Hall–Kier alpha value is -1.59. The summed E-state index contributed by atoms with van der Waals surface area (Å²) in [5, 5.41) is 12.2. The molecule has 5 heteroatoms. The van der Waals surface area contributed by atoms with E-state index in [1.807, 2.05) is 25.1 Å². The topological polar surface area (TPSA) is 67.8 Å². The molecule has 1 aliphatic rings. The fourth-order valence-electron chi connectivity index (χ4n) is 2.65. The Kier molecular flexibility index (Phi) is 3.78. The van der Waals surface area contributed by atoms with Crippen LogP contribution < -0.4 is 10.1 Å². The first kappa shape index (κ1) is 13.8. The number of aliphatic carboxylic acids is 1. The van der Waals surface area contributed by atoms with Crippen molar-refractivity contribution in [3.05, 3.63) is 29.3 Å². The van der Waals surface area contributed by atoms with Crippen molar-refractivity contribution in [2.24, 2.45) is 0 Å². The molecule has 2 rings (SSSR count). The van der Waals surface area contributed by atoms with Gasteiger partial charge in [0.25, 0.3) is 0 Å². The Bertz CT molecular complexity index is 482. The number of rotatable bonds is 5. The van der Waals surface area contributed by atoms with E-state index in [-0.39, 0.29) is 0 Å². The zero-order valence-electron chi connectivity index (χ0n) is 11.4. The molecular weight excluding hydrogens is 246 g/mol. The van der Waals surface area contributed by atoms with E-state index in [9.17, 15) is 9.90 Å². The van der Waals surface area contributed by atoms with Crippen LogP contribution in [0, 0.1) is 6.92 Å². The number of aryl methyl sites for hydroxylation is 1. The zero-order valence-corrected chi connectivity index (χ0v) is 11.4. The van der Waals surface area contributed by atoms with E-state index >= 15 is 0 Å². The lowest BCUT2D eigenvalue weighted by Gasteiger charge is -2.45. The molecule has 0 aromatic heterocycles. The molecule has 1 atom stereocenters. The predicted molar refractivity (Wildman–Crippen MR) is 70.7 cm³/mol. The summed E-state index contributed by atoms with van der Waals surface area (Å²) in [6.07, 6.45) is 0. The normalized spacial score (nSPS) is 18.5. The third kappa shape index (κ3) is 2.19. The van der Waals surface area contributed by atoms with Crippen LogP contribution in [0.4, 0.5) is 0 Å². The second kappa shape index (κ2) is 5.19. The van der Waals surface area contributed by atoms with Crippen molar-refractivity contribution >= 4 is 5.97 Å². The van der Waals surface area contributed by atoms with Crippen LogP contribution >= 0.6 is 0 Å². The van der Waals surface area contributed by atoms with E-state index in [1.54, 1.807) is 14.2 Å². The summed E-state index contributed by atoms with van der Waals surface area (Å²) in [4.78, 5) is 11.4. The summed E-state index contributed by atoms with van der Waals surface area (Å²) in [5.41, 5.74) is 1.46. The number of carboxylic acid groups (broad SMARTS) is 1. The van der Waals surface area contributed by atoms with Gasteiger partial charge in [-0.3, -0.25) is 4.79 Å². The van der Waals surface area contributed by atoms with Gasteiger partial charge in [-0.1, -0.05) is 12.1 Å². The SMILES string of the molecule is CNC(C(=O)O)C1(c2ccc(OC)c(C)c2)COC1. The standard InChI is InChI=1S/C14H19NO4/c1-9-6-10(4-5-11(9)18-3)14(7-19-8-14)12(15-2)13(16)17/h4-6,12,15H,7-8H2,1-3H3,(H,16,17). The molecule has 5 nitrogen and oxygen atoms in total. The average molecular weight is 265 g/mol. The Labute approximate surface area is 112 Å². The maximum atomic E-state index is 11.4. The Morgan fingerprint density at radius 2 is 2.21 bits per heavy atom. The molecule has 1 aliphatic heterocycles. The number of hydrogen-bond donors (Lipinski definition) is 2. The van der Waals surface area contributed by atoms with Crippen molar-refractivity contribution in [3.8, 4) is 5.75 Å². The van der Waals surface area contributed by atoms with E-state index in [1.165, 1.54) is 0 Å². The first-order chi connectivity index (χ1) is 9.05. The van der Waals surface area contributed by atoms with Gasteiger partial charge in [0.15, 0.2) is 0 Å². The molecule has 19 heavy (non-hydrogen) atoms. The molecule has 2 N–H and O–H groups in total. The molecule has 0 aliphatic carbocycles. The minimum atomic E-state index is -0.862. The lowest BCUT2D eigenvalue weighted by Crippen LogP contribution is -2.62. The van der Waals surface area contributed by atoms with Gasteiger partial charge < -0.3 is 19.9 Å². The fraction of sp³-hybridized carbons (Fsp3) is 0.500. The highest BCUT2D eigenvalue weighted by Crippen LogP contribution is 2.37. The summed E-state index contributed by atoms with van der Waals surface area (Å²) in [7, 11) is 3.28. The Balaban J connectivity index is 2.41. The highest BCUT2D eigenvalue weighted by atomic mass is 16.5. The van der Waals surface area contributed by atoms with E-state index < -0.39 is 17.4 Å². The largest absolute Gasteiger partial charge is 0.496 e. The molecular formula is C14H19NO4. The maximum Gasteiger partial charge on any atom is 0.321 e.